The Morgan fingerprint density at radius 2 is 1.07 bits per heavy atom. The molecule has 0 amide bonds. The lowest BCUT2D eigenvalue weighted by Crippen LogP contribution is -2.25. The number of imidazole rings is 1. The zero-order chi connectivity index (χ0) is 52.7. The lowest BCUT2D eigenvalue weighted by Gasteiger charge is -2.12. The summed E-state index contributed by atoms with van der Waals surface area (Å²) >= 11 is 0. The van der Waals surface area contributed by atoms with E-state index in [9.17, 15) is 45.8 Å². The van der Waals surface area contributed by atoms with Gasteiger partial charge in [-0.1, -0.05) is 84.9 Å². The fraction of sp³-hybridized carbons (Fsp3) is 0.226. The first-order chi connectivity index (χ1) is 36.0. The second-order valence-electron chi connectivity index (χ2n) is 17.9. The molecule has 3 atom stereocenters. The SMILES string of the molecule is O=C(Cc1cccc(C2NCNN2)c1)c1cc(C(F)(F)F)cc2[nH]cnc12.O=C(Cc1cccc(C2NCNN2)c1)c1cc(O)cc(C(F)(F)F)c1.O=C(Cc1cccc(C2NCNN2)c1)c1ccc2c(c1)C=NC2. The van der Waals surface area contributed by atoms with Gasteiger partial charge >= 0.3 is 12.4 Å². The number of ketones is 3. The molecule has 11 N–H and O–H groups in total. The summed E-state index contributed by atoms with van der Waals surface area (Å²) in [6, 6.07) is 32.8. The topological polar surface area (TPSA) is 221 Å². The minimum Gasteiger partial charge on any atom is -0.508 e. The lowest BCUT2D eigenvalue weighted by atomic mass is 9.98. The van der Waals surface area contributed by atoms with Crippen molar-refractivity contribution < 1.29 is 45.8 Å². The van der Waals surface area contributed by atoms with Gasteiger partial charge < -0.3 is 10.1 Å². The van der Waals surface area contributed by atoms with Crippen LogP contribution in [0.15, 0.2) is 133 Å². The van der Waals surface area contributed by atoms with E-state index in [4.69, 9.17) is 0 Å². The second kappa shape index (κ2) is 22.9. The van der Waals surface area contributed by atoms with Crippen LogP contribution in [0.4, 0.5) is 26.3 Å². The number of hydrazine groups is 3. The summed E-state index contributed by atoms with van der Waals surface area (Å²) in [6.45, 7) is 2.65. The third-order valence-corrected chi connectivity index (χ3v) is 12.5. The Morgan fingerprint density at radius 1 is 0.560 bits per heavy atom. The minimum atomic E-state index is -4.62. The van der Waals surface area contributed by atoms with Crippen molar-refractivity contribution in [2.75, 3.05) is 20.0 Å². The Hall–Kier alpha value is -7.51. The third-order valence-electron chi connectivity index (χ3n) is 12.5. The van der Waals surface area contributed by atoms with Gasteiger partial charge in [0.15, 0.2) is 17.3 Å². The number of phenols is 1. The maximum atomic E-state index is 13.2. The first kappa shape index (κ1) is 52.4. The Morgan fingerprint density at radius 3 is 1.57 bits per heavy atom. The summed E-state index contributed by atoms with van der Waals surface area (Å²) in [5, 5.41) is 19.1. The van der Waals surface area contributed by atoms with E-state index in [1.54, 1.807) is 18.2 Å². The van der Waals surface area contributed by atoms with Gasteiger partial charge in [-0.05, 0) is 80.9 Å². The number of halogens is 6. The fourth-order valence-electron chi connectivity index (χ4n) is 8.82. The zero-order valence-electron chi connectivity index (χ0n) is 39.7. The van der Waals surface area contributed by atoms with E-state index in [1.165, 1.54) is 11.9 Å². The van der Waals surface area contributed by atoms with E-state index in [-0.39, 0.29) is 59.3 Å². The first-order valence-corrected chi connectivity index (χ1v) is 23.6. The van der Waals surface area contributed by atoms with Crippen LogP contribution < -0.4 is 48.5 Å². The molecule has 22 heteroatoms. The van der Waals surface area contributed by atoms with Crippen LogP contribution in [0.5, 0.6) is 5.75 Å². The van der Waals surface area contributed by atoms with Gasteiger partial charge in [-0.25, -0.2) is 37.5 Å². The van der Waals surface area contributed by atoms with Gasteiger partial charge in [-0.3, -0.25) is 35.3 Å². The lowest BCUT2D eigenvalue weighted by molar-refractivity contribution is -0.138. The van der Waals surface area contributed by atoms with Crippen LogP contribution in [0, 0.1) is 0 Å². The number of benzene rings is 6. The summed E-state index contributed by atoms with van der Waals surface area (Å²) in [7, 11) is 0. The average molecular weight is 1030 g/mol. The number of aromatic hydroxyl groups is 1. The highest BCUT2D eigenvalue weighted by molar-refractivity contribution is 6.07. The molecule has 4 aliphatic rings. The van der Waals surface area contributed by atoms with E-state index in [0.717, 1.165) is 70.9 Å². The molecule has 0 radical (unpaired) electrons. The van der Waals surface area contributed by atoms with E-state index in [2.05, 4.69) is 75.6 Å². The molecular formula is C53H50F6N12O4. The van der Waals surface area contributed by atoms with E-state index in [0.29, 0.717) is 37.0 Å². The van der Waals surface area contributed by atoms with Gasteiger partial charge in [0, 0.05) is 42.2 Å². The number of hydrogen-bond acceptors (Lipinski definition) is 15. The molecule has 388 valence electrons. The van der Waals surface area contributed by atoms with Crippen molar-refractivity contribution >= 4 is 34.6 Å². The molecule has 1 aromatic heterocycles. The number of rotatable bonds is 12. The first-order valence-electron chi connectivity index (χ1n) is 23.6. The second-order valence-corrected chi connectivity index (χ2v) is 17.9. The normalized spacial score (nSPS) is 18.0. The molecule has 4 aliphatic heterocycles. The Bertz CT molecular complexity index is 3240. The Kier molecular flexibility index (Phi) is 16.0. The predicted octanol–water partition coefficient (Wildman–Crippen LogP) is 6.85. The minimum absolute atomic E-state index is 0.0166. The number of aliphatic imine (C=N–C) groups is 1. The number of carbonyl (C=O) groups excluding carboxylic acids is 3. The number of hydrogen-bond donors (Lipinski definition) is 11. The van der Waals surface area contributed by atoms with Crippen molar-refractivity contribution in [1.29, 1.82) is 0 Å². The summed E-state index contributed by atoms with van der Waals surface area (Å²) < 4.78 is 77.9. The molecule has 0 spiro atoms. The molecular weight excluding hydrogens is 983 g/mol. The highest BCUT2D eigenvalue weighted by atomic mass is 19.4. The number of aromatic amines is 1. The molecule has 11 rings (SSSR count). The number of nitrogens with zero attached hydrogens (tertiary/aromatic N) is 2. The number of phenolic OH excluding ortho intramolecular Hbond substituents is 1. The number of H-pyrrole nitrogens is 1. The maximum Gasteiger partial charge on any atom is 0.416 e. The highest BCUT2D eigenvalue weighted by Crippen LogP contribution is 2.34. The standard InChI is InChI=1S/C18H16F3N5O.C18H18N4O.C17H16F3N3O2/c19-18(20,21)12-6-13(16-14(7-12)22-8-23-16)15(27)5-10-2-1-3-11(4-10)17-24-9-25-26-17;23-17(13-4-5-15-9-19-10-16(15)8-13)7-12-2-1-3-14(6-12)18-20-11-21-22-18;18-17(19,20)13-6-12(7-14(24)8-13)15(25)5-10-2-1-3-11(4-10)16-21-9-22-23-16/h1-4,6-8,17,24-26H,5,9H2,(H,22,23);1-6,8,10,18,20-22H,7,9,11H2;1-4,6-8,16,21-24H,5,9H2. The molecule has 3 fully saturated rings. The Labute approximate surface area is 425 Å². The van der Waals surface area contributed by atoms with Gasteiger partial charge in [0.25, 0.3) is 0 Å². The molecule has 6 aromatic carbocycles. The van der Waals surface area contributed by atoms with Crippen molar-refractivity contribution in [3.63, 3.8) is 0 Å². The summed E-state index contributed by atoms with van der Waals surface area (Å²) in [5.41, 5.74) is 24.8. The van der Waals surface area contributed by atoms with Crippen LogP contribution in [0.1, 0.15) is 105 Å². The van der Waals surface area contributed by atoms with Crippen molar-refractivity contribution in [3.05, 3.63) is 200 Å². The smallest absolute Gasteiger partial charge is 0.416 e. The van der Waals surface area contributed by atoms with Crippen LogP contribution in [0.2, 0.25) is 0 Å². The number of alkyl halides is 6. The summed E-state index contributed by atoms with van der Waals surface area (Å²) in [5.74, 6) is -1.36. The van der Waals surface area contributed by atoms with Crippen LogP contribution in [0.3, 0.4) is 0 Å². The molecule has 7 aromatic rings. The highest BCUT2D eigenvalue weighted by Gasteiger charge is 2.34. The summed E-state index contributed by atoms with van der Waals surface area (Å²) in [6.07, 6.45) is -5.82. The number of Topliss-reactive ketones (excluding diaryl/α,β-unsaturated/α-hetero) is 3. The molecule has 16 nitrogen and oxygen atoms in total. The van der Waals surface area contributed by atoms with Crippen molar-refractivity contribution in [2.24, 2.45) is 4.99 Å². The maximum absolute atomic E-state index is 13.2. The Balaban J connectivity index is 0.000000138. The van der Waals surface area contributed by atoms with Gasteiger partial charge in [0.05, 0.1) is 73.5 Å². The summed E-state index contributed by atoms with van der Waals surface area (Å²) in [4.78, 5) is 48.6. The van der Waals surface area contributed by atoms with E-state index < -0.39 is 40.8 Å². The van der Waals surface area contributed by atoms with Crippen LogP contribution in [-0.4, -0.2) is 58.6 Å². The average Bonchev–Trinajstić information content (AvgIpc) is 4.26. The van der Waals surface area contributed by atoms with Crippen LogP contribution in [-0.2, 0) is 38.2 Å². The number of fused-ring (bicyclic) bond motifs is 2. The molecule has 0 aliphatic carbocycles. The van der Waals surface area contributed by atoms with Crippen molar-refractivity contribution in [3.8, 4) is 5.75 Å². The molecule has 0 saturated carbocycles. The molecule has 75 heavy (non-hydrogen) atoms. The molecule has 3 saturated heterocycles. The van der Waals surface area contributed by atoms with Crippen molar-refractivity contribution in [2.45, 2.75) is 56.7 Å². The monoisotopic (exact) mass is 1030 g/mol. The molecule has 0 bridgehead atoms. The van der Waals surface area contributed by atoms with Crippen molar-refractivity contribution in [1.82, 2.24) is 58.5 Å². The fourth-order valence-corrected chi connectivity index (χ4v) is 8.82. The number of nitrogens with one attached hydrogen (secondary N) is 10. The molecule has 5 heterocycles. The van der Waals surface area contributed by atoms with Gasteiger partial charge in [0.2, 0.25) is 0 Å². The van der Waals surface area contributed by atoms with E-state index >= 15 is 0 Å². The van der Waals surface area contributed by atoms with Crippen LogP contribution in [0.25, 0.3) is 11.0 Å². The van der Waals surface area contributed by atoms with Gasteiger partial charge in [0.1, 0.15) is 5.75 Å². The predicted molar refractivity (Wildman–Crippen MR) is 266 cm³/mol. The van der Waals surface area contributed by atoms with Crippen LogP contribution >= 0.6 is 0 Å². The van der Waals surface area contributed by atoms with Gasteiger partial charge in [-0.2, -0.15) is 26.3 Å². The van der Waals surface area contributed by atoms with E-state index in [1.807, 2.05) is 66.9 Å². The number of aromatic nitrogens is 2. The number of carbonyl (C=O) groups is 3. The largest absolute Gasteiger partial charge is 0.508 e. The zero-order valence-corrected chi connectivity index (χ0v) is 39.7. The molecule has 3 unspecified atom stereocenters. The third kappa shape index (κ3) is 13.2. The quantitative estimate of drug-likeness (QED) is 0.0446. The van der Waals surface area contributed by atoms with Gasteiger partial charge in [-0.15, -0.1) is 0 Å².